The summed E-state index contributed by atoms with van der Waals surface area (Å²) in [5.41, 5.74) is 0. The molecule has 0 saturated carbocycles. The maximum atomic E-state index is 13.5. The number of carbonyl (C=O) groups excluding carboxylic acids is 2. The van der Waals surface area contributed by atoms with Crippen molar-refractivity contribution in [1.29, 1.82) is 0 Å². The van der Waals surface area contributed by atoms with Gasteiger partial charge in [0.05, 0.1) is 12.0 Å². The molecule has 25 heavy (non-hydrogen) atoms. The fourth-order valence-corrected chi connectivity index (χ4v) is 2.85. The van der Waals surface area contributed by atoms with Crippen LogP contribution in [-0.4, -0.2) is 42.5 Å². The zero-order valence-corrected chi connectivity index (χ0v) is 14.6. The van der Waals surface area contributed by atoms with Crippen LogP contribution in [-0.2, 0) is 9.59 Å². The van der Waals surface area contributed by atoms with Gasteiger partial charge in [0.15, 0.2) is 11.6 Å². The van der Waals surface area contributed by atoms with Crippen molar-refractivity contribution in [3.05, 3.63) is 29.8 Å². The lowest BCUT2D eigenvalue weighted by molar-refractivity contribution is -0.135. The van der Waals surface area contributed by atoms with Crippen LogP contribution in [0, 0.1) is 17.6 Å². The van der Waals surface area contributed by atoms with Crippen LogP contribution >= 0.6 is 0 Å². The summed E-state index contributed by atoms with van der Waals surface area (Å²) >= 11 is 0. The van der Waals surface area contributed by atoms with Crippen molar-refractivity contribution in [3.63, 3.8) is 0 Å². The van der Waals surface area contributed by atoms with Crippen LogP contribution in [0.2, 0.25) is 0 Å². The highest BCUT2D eigenvalue weighted by Gasteiger charge is 2.28. The van der Waals surface area contributed by atoms with Gasteiger partial charge in [0.2, 0.25) is 11.8 Å². The highest BCUT2D eigenvalue weighted by Crippen LogP contribution is 2.19. The molecular weight excluding hydrogens is 330 g/mol. The predicted octanol–water partition coefficient (Wildman–Crippen LogP) is 2.50. The first-order valence-electron chi connectivity index (χ1n) is 8.56. The lowest BCUT2D eigenvalue weighted by atomic mass is 9.96. The Balaban J connectivity index is 1.82. The van der Waals surface area contributed by atoms with Gasteiger partial charge < -0.3 is 15.0 Å². The molecule has 1 aromatic rings. The van der Waals surface area contributed by atoms with Crippen LogP contribution in [0.25, 0.3) is 0 Å². The van der Waals surface area contributed by atoms with Gasteiger partial charge >= 0.3 is 0 Å². The largest absolute Gasteiger partial charge is 0.488 e. The number of rotatable bonds is 6. The van der Waals surface area contributed by atoms with Crippen molar-refractivity contribution in [2.45, 2.75) is 39.2 Å². The van der Waals surface area contributed by atoms with Gasteiger partial charge in [-0.1, -0.05) is 6.92 Å². The number of hydrogen-bond donors (Lipinski definition) is 1. The molecule has 1 N–H and O–H groups in total. The lowest BCUT2D eigenvalue weighted by Gasteiger charge is -2.32. The second-order valence-electron chi connectivity index (χ2n) is 6.33. The summed E-state index contributed by atoms with van der Waals surface area (Å²) in [5.74, 6) is -1.83. The molecule has 0 spiro atoms. The molecule has 0 aliphatic carbocycles. The van der Waals surface area contributed by atoms with Gasteiger partial charge in [0.25, 0.3) is 0 Å². The van der Waals surface area contributed by atoms with E-state index < -0.39 is 11.6 Å². The number of nitrogens with zero attached hydrogens (tertiary/aromatic N) is 1. The molecule has 1 heterocycles. The van der Waals surface area contributed by atoms with Gasteiger partial charge in [0.1, 0.15) is 12.4 Å². The summed E-state index contributed by atoms with van der Waals surface area (Å²) < 4.78 is 31.7. The minimum absolute atomic E-state index is 0.0557. The summed E-state index contributed by atoms with van der Waals surface area (Å²) in [4.78, 5) is 25.9. The number of nitrogens with one attached hydrogen (secondary N) is 1. The Morgan fingerprint density at radius 3 is 2.84 bits per heavy atom. The van der Waals surface area contributed by atoms with E-state index in [1.165, 1.54) is 6.07 Å². The first-order valence-corrected chi connectivity index (χ1v) is 8.56. The van der Waals surface area contributed by atoms with Crippen molar-refractivity contribution in [1.82, 2.24) is 10.2 Å². The smallest absolute Gasteiger partial charge is 0.225 e. The van der Waals surface area contributed by atoms with Gasteiger partial charge in [-0.2, -0.15) is 0 Å². The van der Waals surface area contributed by atoms with E-state index in [0.717, 1.165) is 25.0 Å². The molecule has 2 amide bonds. The summed E-state index contributed by atoms with van der Waals surface area (Å²) in [6.45, 7) is 4.74. The molecule has 1 aromatic carbocycles. The van der Waals surface area contributed by atoms with Crippen molar-refractivity contribution in [2.24, 2.45) is 5.92 Å². The zero-order chi connectivity index (χ0) is 18.4. The molecule has 0 aromatic heterocycles. The third-order valence-electron chi connectivity index (χ3n) is 4.22. The van der Waals surface area contributed by atoms with Crippen molar-refractivity contribution >= 4 is 11.8 Å². The van der Waals surface area contributed by atoms with Crippen LogP contribution < -0.4 is 10.1 Å². The van der Waals surface area contributed by atoms with Gasteiger partial charge in [-0.15, -0.1) is 0 Å². The number of amides is 2. The van der Waals surface area contributed by atoms with Crippen molar-refractivity contribution in [3.8, 4) is 5.75 Å². The molecule has 0 bridgehead atoms. The molecule has 5 nitrogen and oxygen atoms in total. The summed E-state index contributed by atoms with van der Waals surface area (Å²) in [7, 11) is 0. The maximum Gasteiger partial charge on any atom is 0.225 e. The molecule has 2 rings (SSSR count). The average molecular weight is 354 g/mol. The van der Waals surface area contributed by atoms with E-state index in [2.05, 4.69) is 5.32 Å². The Hall–Kier alpha value is -2.18. The van der Waals surface area contributed by atoms with E-state index in [0.29, 0.717) is 19.5 Å². The van der Waals surface area contributed by atoms with E-state index in [1.54, 1.807) is 18.7 Å². The fraction of sp³-hybridized carbons (Fsp3) is 0.556. The van der Waals surface area contributed by atoms with E-state index >= 15 is 0 Å². The quantitative estimate of drug-likeness (QED) is 0.854. The third-order valence-corrected chi connectivity index (χ3v) is 4.22. The standard InChI is InChI=1S/C18H24F2N2O3/c1-3-17(23)22-8-4-5-13(10-22)18(24)21-12(2)11-25-16-7-6-14(19)9-15(16)20/h6-7,9,12-13H,3-5,8,10-11H2,1-2H3,(H,21,24). The SMILES string of the molecule is CCC(=O)N1CCCC(C(=O)NC(C)COc2ccc(F)cc2F)C1. The molecule has 0 radical (unpaired) electrons. The molecule has 138 valence electrons. The van der Waals surface area contributed by atoms with E-state index in [-0.39, 0.29) is 36.1 Å². The molecule has 1 aliphatic rings. The lowest BCUT2D eigenvalue weighted by Crippen LogP contribution is -2.48. The van der Waals surface area contributed by atoms with E-state index in [4.69, 9.17) is 4.74 Å². The van der Waals surface area contributed by atoms with E-state index in [9.17, 15) is 18.4 Å². The minimum Gasteiger partial charge on any atom is -0.488 e. The highest BCUT2D eigenvalue weighted by atomic mass is 19.1. The Labute approximate surface area is 146 Å². The van der Waals surface area contributed by atoms with Crippen molar-refractivity contribution in [2.75, 3.05) is 19.7 Å². The molecular formula is C18H24F2N2O3. The van der Waals surface area contributed by atoms with Crippen LogP contribution in [0.3, 0.4) is 0 Å². The first-order chi connectivity index (χ1) is 11.9. The summed E-state index contributed by atoms with van der Waals surface area (Å²) in [6.07, 6.45) is 1.97. The van der Waals surface area contributed by atoms with Crippen LogP contribution in [0.15, 0.2) is 18.2 Å². The summed E-state index contributed by atoms with van der Waals surface area (Å²) in [5, 5.41) is 2.83. The topological polar surface area (TPSA) is 58.6 Å². The van der Waals surface area contributed by atoms with Gasteiger partial charge in [-0.3, -0.25) is 9.59 Å². The number of piperidine rings is 1. The van der Waals surface area contributed by atoms with E-state index in [1.807, 2.05) is 0 Å². The molecule has 1 fully saturated rings. The van der Waals surface area contributed by atoms with Crippen LogP contribution in [0.1, 0.15) is 33.1 Å². The number of hydrogen-bond acceptors (Lipinski definition) is 3. The Kier molecular flexibility index (Phi) is 6.73. The van der Waals surface area contributed by atoms with Crippen molar-refractivity contribution < 1.29 is 23.1 Å². The van der Waals surface area contributed by atoms with Gasteiger partial charge in [-0.25, -0.2) is 8.78 Å². The number of benzene rings is 1. The monoisotopic (exact) mass is 354 g/mol. The first kappa shape index (κ1) is 19.1. The van der Waals surface area contributed by atoms with Gasteiger partial charge in [-0.05, 0) is 31.9 Å². The minimum atomic E-state index is -0.778. The second-order valence-corrected chi connectivity index (χ2v) is 6.33. The predicted molar refractivity (Wildman–Crippen MR) is 89.1 cm³/mol. The molecule has 1 aliphatic heterocycles. The molecule has 2 unspecified atom stereocenters. The highest BCUT2D eigenvalue weighted by molar-refractivity contribution is 5.81. The number of halogens is 2. The van der Waals surface area contributed by atoms with Crippen LogP contribution in [0.4, 0.5) is 8.78 Å². The number of likely N-dealkylation sites (tertiary alicyclic amines) is 1. The second kappa shape index (κ2) is 8.78. The Morgan fingerprint density at radius 2 is 2.16 bits per heavy atom. The normalized spacial score (nSPS) is 18.6. The molecule has 7 heteroatoms. The number of ether oxygens (including phenoxy) is 1. The Bertz CT molecular complexity index is 624. The molecule has 2 atom stereocenters. The molecule has 1 saturated heterocycles. The summed E-state index contributed by atoms with van der Waals surface area (Å²) in [6, 6.07) is 2.74. The maximum absolute atomic E-state index is 13.5. The average Bonchev–Trinajstić information content (AvgIpc) is 2.60. The third kappa shape index (κ3) is 5.41. The number of carbonyl (C=O) groups is 2. The Morgan fingerprint density at radius 1 is 1.40 bits per heavy atom. The van der Waals surface area contributed by atoms with Gasteiger partial charge in [0, 0.05) is 25.6 Å². The van der Waals surface area contributed by atoms with Crippen LogP contribution in [0.5, 0.6) is 5.75 Å². The zero-order valence-electron chi connectivity index (χ0n) is 14.6. The fourth-order valence-electron chi connectivity index (χ4n) is 2.85.